The Morgan fingerprint density at radius 2 is 2.06 bits per heavy atom. The average molecular weight is 218 g/mol. The van der Waals surface area contributed by atoms with Gasteiger partial charge in [-0.05, 0) is 47.8 Å². The first-order chi connectivity index (χ1) is 7.58. The minimum atomic E-state index is 0.403. The van der Waals surface area contributed by atoms with Crippen LogP contribution in [0, 0.1) is 0 Å². The summed E-state index contributed by atoms with van der Waals surface area (Å²) in [4.78, 5) is 10.6. The smallest absolute Gasteiger partial charge is 0.145 e. The molecule has 16 heavy (non-hydrogen) atoms. The van der Waals surface area contributed by atoms with Gasteiger partial charge in [-0.25, -0.2) is 0 Å². The number of hydrogen-bond acceptors (Lipinski definition) is 2. The summed E-state index contributed by atoms with van der Waals surface area (Å²) in [5.74, 6) is 1.30. The van der Waals surface area contributed by atoms with Gasteiger partial charge in [-0.3, -0.25) is 4.79 Å². The Labute approximate surface area is 96.9 Å². The highest BCUT2D eigenvalue weighted by Gasteiger charge is 2.07. The number of hydrogen-bond donors (Lipinski definition) is 0. The van der Waals surface area contributed by atoms with E-state index in [1.165, 1.54) is 0 Å². The van der Waals surface area contributed by atoms with Crippen molar-refractivity contribution in [1.82, 2.24) is 0 Å². The van der Waals surface area contributed by atoms with Crippen LogP contribution in [0.25, 0.3) is 6.08 Å². The number of methoxy groups -OCH3 is 1. The Bertz CT molecular complexity index is 403. The van der Waals surface area contributed by atoms with E-state index in [9.17, 15) is 4.79 Å². The standard InChI is InChI=1S/C14H18O2/c1-10(2)13-8-12(7-11(3)9-15)5-6-14(13)16-4/h5-10H,1-4H3/b11-7+. The molecule has 0 radical (unpaired) electrons. The minimum absolute atomic E-state index is 0.403. The Morgan fingerprint density at radius 1 is 1.38 bits per heavy atom. The van der Waals surface area contributed by atoms with Gasteiger partial charge in [-0.15, -0.1) is 0 Å². The largest absolute Gasteiger partial charge is 0.496 e. The molecule has 0 fully saturated rings. The zero-order valence-electron chi connectivity index (χ0n) is 10.3. The van der Waals surface area contributed by atoms with Gasteiger partial charge in [0.25, 0.3) is 0 Å². The molecular formula is C14H18O2. The fourth-order valence-electron chi connectivity index (χ4n) is 1.59. The quantitative estimate of drug-likeness (QED) is 0.571. The Morgan fingerprint density at radius 3 is 2.56 bits per heavy atom. The molecule has 0 heterocycles. The molecule has 0 atom stereocenters. The summed E-state index contributed by atoms with van der Waals surface area (Å²) in [5, 5.41) is 0. The van der Waals surface area contributed by atoms with Crippen LogP contribution in [-0.4, -0.2) is 13.4 Å². The van der Waals surface area contributed by atoms with Crippen molar-refractivity contribution in [2.24, 2.45) is 0 Å². The van der Waals surface area contributed by atoms with Crippen LogP contribution in [0.2, 0.25) is 0 Å². The maximum atomic E-state index is 10.6. The zero-order valence-corrected chi connectivity index (χ0v) is 10.3. The number of allylic oxidation sites excluding steroid dienone is 1. The summed E-state index contributed by atoms with van der Waals surface area (Å²) in [5.41, 5.74) is 2.92. The molecule has 0 amide bonds. The van der Waals surface area contributed by atoms with E-state index in [-0.39, 0.29) is 0 Å². The van der Waals surface area contributed by atoms with E-state index in [1.54, 1.807) is 14.0 Å². The van der Waals surface area contributed by atoms with Crippen LogP contribution < -0.4 is 4.74 Å². The van der Waals surface area contributed by atoms with Crippen molar-refractivity contribution < 1.29 is 9.53 Å². The predicted octanol–water partition coefficient (Wildman–Crippen LogP) is 3.42. The Hall–Kier alpha value is -1.57. The Kier molecular flexibility index (Phi) is 4.29. The fraction of sp³-hybridized carbons (Fsp3) is 0.357. The van der Waals surface area contributed by atoms with Gasteiger partial charge in [0.2, 0.25) is 0 Å². The molecule has 2 nitrogen and oxygen atoms in total. The lowest BCUT2D eigenvalue weighted by Crippen LogP contribution is -1.94. The summed E-state index contributed by atoms with van der Waals surface area (Å²) < 4.78 is 5.30. The predicted molar refractivity (Wildman–Crippen MR) is 66.8 cm³/mol. The summed E-state index contributed by atoms with van der Waals surface area (Å²) >= 11 is 0. The summed E-state index contributed by atoms with van der Waals surface area (Å²) in [6.45, 7) is 6.04. The van der Waals surface area contributed by atoms with E-state index in [0.717, 1.165) is 28.7 Å². The summed E-state index contributed by atoms with van der Waals surface area (Å²) in [6.07, 6.45) is 2.73. The van der Waals surface area contributed by atoms with E-state index >= 15 is 0 Å². The molecular weight excluding hydrogens is 200 g/mol. The van der Waals surface area contributed by atoms with Gasteiger partial charge in [0.05, 0.1) is 7.11 Å². The second-order valence-corrected chi connectivity index (χ2v) is 4.16. The van der Waals surface area contributed by atoms with Crippen molar-refractivity contribution >= 4 is 12.4 Å². The third-order valence-corrected chi connectivity index (χ3v) is 2.46. The molecule has 86 valence electrons. The molecule has 0 unspecified atom stereocenters. The highest BCUT2D eigenvalue weighted by atomic mass is 16.5. The van der Waals surface area contributed by atoms with Crippen molar-refractivity contribution in [3.8, 4) is 5.75 Å². The molecule has 1 aromatic rings. The second kappa shape index (κ2) is 5.50. The first-order valence-electron chi connectivity index (χ1n) is 5.40. The lowest BCUT2D eigenvalue weighted by Gasteiger charge is -2.12. The molecule has 0 aromatic heterocycles. The van der Waals surface area contributed by atoms with Gasteiger partial charge in [0.15, 0.2) is 0 Å². The lowest BCUT2D eigenvalue weighted by molar-refractivity contribution is -0.104. The molecule has 0 N–H and O–H groups in total. The van der Waals surface area contributed by atoms with Crippen molar-refractivity contribution in [3.63, 3.8) is 0 Å². The molecule has 0 aliphatic rings. The van der Waals surface area contributed by atoms with Gasteiger partial charge in [0, 0.05) is 0 Å². The number of benzene rings is 1. The first kappa shape index (κ1) is 12.5. The van der Waals surface area contributed by atoms with Crippen LogP contribution >= 0.6 is 0 Å². The normalized spacial score (nSPS) is 11.7. The number of carbonyl (C=O) groups is 1. The molecule has 1 rings (SSSR count). The molecule has 2 heteroatoms. The number of ether oxygens (including phenoxy) is 1. The zero-order chi connectivity index (χ0) is 12.1. The van der Waals surface area contributed by atoms with Crippen LogP contribution in [-0.2, 0) is 4.79 Å². The Balaban J connectivity index is 3.16. The topological polar surface area (TPSA) is 26.3 Å². The highest BCUT2D eigenvalue weighted by Crippen LogP contribution is 2.27. The summed E-state index contributed by atoms with van der Waals surface area (Å²) in [7, 11) is 1.67. The maximum Gasteiger partial charge on any atom is 0.145 e. The van der Waals surface area contributed by atoms with Gasteiger partial charge >= 0.3 is 0 Å². The average Bonchev–Trinajstić information content (AvgIpc) is 2.28. The molecule has 0 spiro atoms. The third-order valence-electron chi connectivity index (χ3n) is 2.46. The maximum absolute atomic E-state index is 10.6. The van der Waals surface area contributed by atoms with Crippen molar-refractivity contribution in [1.29, 1.82) is 0 Å². The number of carbonyl (C=O) groups excluding carboxylic acids is 1. The van der Waals surface area contributed by atoms with Crippen molar-refractivity contribution in [2.45, 2.75) is 26.7 Å². The first-order valence-corrected chi connectivity index (χ1v) is 5.40. The molecule has 0 bridgehead atoms. The van der Waals surface area contributed by atoms with Crippen LogP contribution in [0.5, 0.6) is 5.75 Å². The number of rotatable bonds is 4. The van der Waals surface area contributed by atoms with E-state index in [4.69, 9.17) is 4.74 Å². The van der Waals surface area contributed by atoms with E-state index in [0.29, 0.717) is 5.92 Å². The van der Waals surface area contributed by atoms with Crippen molar-refractivity contribution in [3.05, 3.63) is 34.9 Å². The molecule has 0 saturated heterocycles. The monoisotopic (exact) mass is 218 g/mol. The van der Waals surface area contributed by atoms with Crippen LogP contribution in [0.3, 0.4) is 0 Å². The van der Waals surface area contributed by atoms with E-state index in [1.807, 2.05) is 18.2 Å². The minimum Gasteiger partial charge on any atom is -0.496 e. The fourth-order valence-corrected chi connectivity index (χ4v) is 1.59. The molecule has 0 aliphatic heterocycles. The molecule has 0 aliphatic carbocycles. The molecule has 1 aromatic carbocycles. The number of aldehydes is 1. The van der Waals surface area contributed by atoms with E-state index in [2.05, 4.69) is 19.9 Å². The van der Waals surface area contributed by atoms with Crippen LogP contribution in [0.4, 0.5) is 0 Å². The van der Waals surface area contributed by atoms with Gasteiger partial charge in [0.1, 0.15) is 12.0 Å². The van der Waals surface area contributed by atoms with Crippen LogP contribution in [0.1, 0.15) is 37.8 Å². The highest BCUT2D eigenvalue weighted by molar-refractivity contribution is 5.80. The SMILES string of the molecule is COc1ccc(/C=C(\C)C=O)cc1C(C)C. The van der Waals surface area contributed by atoms with Crippen LogP contribution in [0.15, 0.2) is 23.8 Å². The van der Waals surface area contributed by atoms with Gasteiger partial charge in [-0.1, -0.05) is 19.9 Å². The molecule has 0 saturated carbocycles. The summed E-state index contributed by atoms with van der Waals surface area (Å²) in [6, 6.07) is 5.97. The van der Waals surface area contributed by atoms with Gasteiger partial charge < -0.3 is 4.74 Å². The third kappa shape index (κ3) is 2.96. The van der Waals surface area contributed by atoms with Gasteiger partial charge in [-0.2, -0.15) is 0 Å². The second-order valence-electron chi connectivity index (χ2n) is 4.16. The van der Waals surface area contributed by atoms with E-state index < -0.39 is 0 Å². The lowest BCUT2D eigenvalue weighted by atomic mass is 9.99. The van der Waals surface area contributed by atoms with Crippen molar-refractivity contribution in [2.75, 3.05) is 7.11 Å².